The molecule has 0 spiro atoms. The Labute approximate surface area is 159 Å². The van der Waals surface area contributed by atoms with Gasteiger partial charge in [-0.1, -0.05) is 49.6 Å². The third kappa shape index (κ3) is 3.57. The molecule has 1 fully saturated rings. The zero-order valence-electron chi connectivity index (χ0n) is 15.8. The fraction of sp³-hybridized carbons (Fsp3) is 0.348. The van der Waals surface area contributed by atoms with E-state index in [9.17, 15) is 4.79 Å². The van der Waals surface area contributed by atoms with E-state index in [0.29, 0.717) is 18.3 Å². The lowest BCUT2D eigenvalue weighted by molar-refractivity contribution is 0.0988. The van der Waals surface area contributed by atoms with Gasteiger partial charge in [0, 0.05) is 17.5 Å². The molecule has 3 aromatic rings. The number of carbonyl (C=O) groups excluding carboxylic acids is 1. The first-order valence-electron chi connectivity index (χ1n) is 9.75. The molecule has 2 N–H and O–H groups in total. The average Bonchev–Trinajstić information content (AvgIpc) is 3.08. The molecular formula is C23H26N2O2. The van der Waals surface area contributed by atoms with E-state index in [4.69, 9.17) is 10.5 Å². The molecule has 4 nitrogen and oxygen atoms in total. The molecule has 1 aliphatic carbocycles. The van der Waals surface area contributed by atoms with E-state index in [0.717, 1.165) is 40.6 Å². The number of aryl methyl sites for hydroxylation is 1. The Morgan fingerprint density at radius 3 is 2.56 bits per heavy atom. The van der Waals surface area contributed by atoms with E-state index in [1.54, 1.807) is 0 Å². The number of primary amides is 1. The second-order valence-electron chi connectivity index (χ2n) is 7.50. The number of hydrogen-bond acceptors (Lipinski definition) is 2. The first-order chi connectivity index (χ1) is 13.1. The number of aromatic nitrogens is 1. The fourth-order valence-electron chi connectivity index (χ4n) is 4.22. The molecule has 140 valence electrons. The lowest BCUT2D eigenvalue weighted by Gasteiger charge is -2.26. The lowest BCUT2D eigenvalue weighted by Crippen LogP contribution is -2.21. The molecule has 1 aliphatic rings. The summed E-state index contributed by atoms with van der Waals surface area (Å²) in [6.07, 6.45) is 5.86. The summed E-state index contributed by atoms with van der Waals surface area (Å²) < 4.78 is 8.23. The molecule has 0 atom stereocenters. The minimum Gasteiger partial charge on any atom is -0.489 e. The van der Waals surface area contributed by atoms with Crippen LogP contribution in [-0.2, 0) is 6.61 Å². The minimum atomic E-state index is -0.358. The quantitative estimate of drug-likeness (QED) is 0.684. The normalized spacial score (nSPS) is 15.1. The highest BCUT2D eigenvalue weighted by molar-refractivity contribution is 5.99. The van der Waals surface area contributed by atoms with Crippen LogP contribution in [0.15, 0.2) is 48.5 Å². The van der Waals surface area contributed by atoms with Gasteiger partial charge in [0.1, 0.15) is 18.1 Å². The van der Waals surface area contributed by atoms with Gasteiger partial charge in [-0.3, -0.25) is 4.79 Å². The van der Waals surface area contributed by atoms with Crippen molar-refractivity contribution < 1.29 is 9.53 Å². The second-order valence-corrected chi connectivity index (χ2v) is 7.50. The standard InChI is InChI=1S/C23H26N2O2/c1-16-12-19(27-15-17-8-4-2-5-9-17)13-21-20(16)14-22(23(24)26)25(21)18-10-6-3-7-11-18/h2,4-5,8-9,12-14,18H,3,6-7,10-11,15H2,1H3,(H2,24,26). The highest BCUT2D eigenvalue weighted by Crippen LogP contribution is 2.36. The minimum absolute atomic E-state index is 0.336. The number of rotatable bonds is 5. The van der Waals surface area contributed by atoms with Gasteiger partial charge in [0.05, 0.1) is 5.52 Å². The van der Waals surface area contributed by atoms with Crippen molar-refractivity contribution in [3.63, 3.8) is 0 Å². The summed E-state index contributed by atoms with van der Waals surface area (Å²) in [6.45, 7) is 2.59. The number of amides is 1. The van der Waals surface area contributed by atoms with Crippen LogP contribution >= 0.6 is 0 Å². The van der Waals surface area contributed by atoms with Gasteiger partial charge in [0.15, 0.2) is 0 Å². The van der Waals surface area contributed by atoms with Gasteiger partial charge in [-0.2, -0.15) is 0 Å². The maximum atomic E-state index is 12.1. The molecule has 0 radical (unpaired) electrons. The Hall–Kier alpha value is -2.75. The Bertz CT molecular complexity index is 953. The highest BCUT2D eigenvalue weighted by atomic mass is 16.5. The van der Waals surface area contributed by atoms with Crippen LogP contribution in [0, 0.1) is 6.92 Å². The molecule has 1 saturated carbocycles. The summed E-state index contributed by atoms with van der Waals surface area (Å²) in [5.41, 5.74) is 9.62. The summed E-state index contributed by atoms with van der Waals surface area (Å²) in [4.78, 5) is 12.1. The van der Waals surface area contributed by atoms with E-state index >= 15 is 0 Å². The number of fused-ring (bicyclic) bond motifs is 1. The van der Waals surface area contributed by atoms with Crippen LogP contribution in [0.25, 0.3) is 10.9 Å². The number of benzene rings is 2. The summed E-state index contributed by atoms with van der Waals surface area (Å²) in [6, 6.07) is 16.5. The third-order valence-corrected chi connectivity index (χ3v) is 5.58. The van der Waals surface area contributed by atoms with Crippen molar-refractivity contribution in [2.75, 3.05) is 0 Å². The van der Waals surface area contributed by atoms with Crippen molar-refractivity contribution in [3.8, 4) is 5.75 Å². The van der Waals surface area contributed by atoms with Crippen molar-refractivity contribution in [1.82, 2.24) is 4.57 Å². The Balaban J connectivity index is 1.73. The summed E-state index contributed by atoms with van der Waals surface area (Å²) in [5.74, 6) is 0.470. The average molecular weight is 362 g/mol. The number of carbonyl (C=O) groups is 1. The van der Waals surface area contributed by atoms with Crippen molar-refractivity contribution in [1.29, 1.82) is 0 Å². The molecule has 4 heteroatoms. The Morgan fingerprint density at radius 1 is 1.11 bits per heavy atom. The molecule has 4 rings (SSSR count). The van der Waals surface area contributed by atoms with Crippen molar-refractivity contribution in [2.24, 2.45) is 5.73 Å². The number of ether oxygens (including phenoxy) is 1. The van der Waals surface area contributed by atoms with E-state index < -0.39 is 0 Å². The molecule has 0 unspecified atom stereocenters. The zero-order chi connectivity index (χ0) is 18.8. The van der Waals surface area contributed by atoms with Gasteiger partial charge >= 0.3 is 0 Å². The first kappa shape index (κ1) is 17.7. The molecule has 0 saturated heterocycles. The van der Waals surface area contributed by atoms with Gasteiger partial charge in [-0.05, 0) is 43.0 Å². The van der Waals surface area contributed by atoms with Crippen LogP contribution in [0.2, 0.25) is 0 Å². The Kier molecular flexibility index (Phi) is 4.88. The van der Waals surface area contributed by atoms with Gasteiger partial charge in [-0.15, -0.1) is 0 Å². The molecule has 0 bridgehead atoms. The van der Waals surface area contributed by atoms with Crippen LogP contribution in [0.5, 0.6) is 5.75 Å². The zero-order valence-corrected chi connectivity index (χ0v) is 15.8. The number of nitrogens with zero attached hydrogens (tertiary/aromatic N) is 1. The lowest BCUT2D eigenvalue weighted by atomic mass is 9.95. The van der Waals surface area contributed by atoms with E-state index in [1.165, 1.54) is 19.3 Å². The van der Waals surface area contributed by atoms with Gasteiger partial charge in [0.25, 0.3) is 5.91 Å². The predicted molar refractivity (Wildman–Crippen MR) is 108 cm³/mol. The largest absolute Gasteiger partial charge is 0.489 e. The number of hydrogen-bond donors (Lipinski definition) is 1. The Morgan fingerprint density at radius 2 is 1.85 bits per heavy atom. The highest BCUT2D eigenvalue weighted by Gasteiger charge is 2.23. The van der Waals surface area contributed by atoms with Crippen LogP contribution < -0.4 is 10.5 Å². The molecule has 0 aliphatic heterocycles. The van der Waals surface area contributed by atoms with E-state index in [-0.39, 0.29) is 5.91 Å². The molecule has 1 aromatic heterocycles. The maximum absolute atomic E-state index is 12.1. The van der Waals surface area contributed by atoms with E-state index in [1.807, 2.05) is 30.3 Å². The van der Waals surface area contributed by atoms with Crippen molar-refractivity contribution >= 4 is 16.8 Å². The van der Waals surface area contributed by atoms with Crippen LogP contribution in [-0.4, -0.2) is 10.5 Å². The van der Waals surface area contributed by atoms with Crippen LogP contribution in [0.3, 0.4) is 0 Å². The molecule has 2 aromatic carbocycles. The fourth-order valence-corrected chi connectivity index (χ4v) is 4.22. The van der Waals surface area contributed by atoms with Crippen LogP contribution in [0.4, 0.5) is 0 Å². The maximum Gasteiger partial charge on any atom is 0.265 e. The number of nitrogens with two attached hydrogens (primary N) is 1. The summed E-state index contributed by atoms with van der Waals surface area (Å²) in [5, 5.41) is 1.08. The molecular weight excluding hydrogens is 336 g/mol. The van der Waals surface area contributed by atoms with Gasteiger partial charge in [0.2, 0.25) is 0 Å². The van der Waals surface area contributed by atoms with Crippen LogP contribution in [0.1, 0.15) is 59.8 Å². The summed E-state index contributed by atoms with van der Waals surface area (Å²) in [7, 11) is 0. The smallest absolute Gasteiger partial charge is 0.265 e. The van der Waals surface area contributed by atoms with E-state index in [2.05, 4.69) is 29.7 Å². The van der Waals surface area contributed by atoms with Gasteiger partial charge < -0.3 is 15.0 Å². The third-order valence-electron chi connectivity index (χ3n) is 5.58. The van der Waals surface area contributed by atoms with Crippen molar-refractivity contribution in [3.05, 3.63) is 65.4 Å². The second kappa shape index (κ2) is 7.47. The predicted octanol–water partition coefficient (Wildman–Crippen LogP) is 5.13. The molecule has 1 amide bonds. The molecule has 1 heterocycles. The first-order valence-corrected chi connectivity index (χ1v) is 9.75. The molecule has 27 heavy (non-hydrogen) atoms. The monoisotopic (exact) mass is 362 g/mol. The summed E-state index contributed by atoms with van der Waals surface area (Å²) >= 11 is 0. The topological polar surface area (TPSA) is 57.2 Å². The SMILES string of the molecule is Cc1cc(OCc2ccccc2)cc2c1cc(C(N)=O)n2C1CCCCC1. The van der Waals surface area contributed by atoms with Gasteiger partial charge in [-0.25, -0.2) is 0 Å². The van der Waals surface area contributed by atoms with Crippen molar-refractivity contribution in [2.45, 2.75) is 51.7 Å².